The van der Waals surface area contributed by atoms with Crippen molar-refractivity contribution in [3.05, 3.63) is 48.0 Å². The van der Waals surface area contributed by atoms with Crippen LogP contribution in [0.5, 0.6) is 0 Å². The molecular weight excluding hydrogens is 196 g/mol. The Hall–Kier alpha value is -1.78. The van der Waals surface area contributed by atoms with Crippen LogP contribution in [0.4, 0.5) is 0 Å². The number of rotatable bonds is 3. The Morgan fingerprint density at radius 1 is 1.12 bits per heavy atom. The Bertz CT molecular complexity index is 517. The van der Waals surface area contributed by atoms with Gasteiger partial charge in [-0.25, -0.2) is 0 Å². The lowest BCUT2D eigenvalue weighted by atomic mass is 9.99. The first-order valence-electron chi connectivity index (χ1n) is 5.39. The van der Waals surface area contributed by atoms with Crippen LogP contribution < -0.4 is 0 Å². The molecule has 80 valence electrons. The number of terminal acetylenes is 1. The third-order valence-corrected chi connectivity index (χ3v) is 2.69. The van der Waals surface area contributed by atoms with Crippen LogP contribution in [0.15, 0.2) is 42.5 Å². The number of benzene rings is 2. The molecule has 0 fully saturated rings. The van der Waals surface area contributed by atoms with Crippen molar-refractivity contribution in [2.75, 3.05) is 0 Å². The lowest BCUT2D eigenvalue weighted by molar-refractivity contribution is 0.181. The molecule has 0 spiro atoms. The van der Waals surface area contributed by atoms with Gasteiger partial charge in [0.05, 0.1) is 6.10 Å². The lowest BCUT2D eigenvalue weighted by Gasteiger charge is -2.09. The van der Waals surface area contributed by atoms with Crippen LogP contribution in [0, 0.1) is 12.3 Å². The summed E-state index contributed by atoms with van der Waals surface area (Å²) in [5, 5.41) is 12.1. The molecule has 1 unspecified atom stereocenters. The van der Waals surface area contributed by atoms with Crippen LogP contribution in [0.1, 0.15) is 12.0 Å². The van der Waals surface area contributed by atoms with Gasteiger partial charge in [0.25, 0.3) is 0 Å². The van der Waals surface area contributed by atoms with Gasteiger partial charge in [0.1, 0.15) is 0 Å². The van der Waals surface area contributed by atoms with Crippen molar-refractivity contribution in [1.82, 2.24) is 0 Å². The molecule has 2 aromatic carbocycles. The predicted molar refractivity (Wildman–Crippen MR) is 67.1 cm³/mol. The summed E-state index contributed by atoms with van der Waals surface area (Å²) in [6, 6.07) is 14.3. The van der Waals surface area contributed by atoms with Crippen molar-refractivity contribution in [3.63, 3.8) is 0 Å². The van der Waals surface area contributed by atoms with Gasteiger partial charge in [0, 0.05) is 6.42 Å². The molecule has 0 aliphatic rings. The number of fused-ring (bicyclic) bond motifs is 1. The number of aliphatic hydroxyl groups excluding tert-OH is 1. The van der Waals surface area contributed by atoms with E-state index in [1.54, 1.807) is 0 Å². The van der Waals surface area contributed by atoms with E-state index < -0.39 is 6.10 Å². The van der Waals surface area contributed by atoms with Gasteiger partial charge in [-0.3, -0.25) is 0 Å². The van der Waals surface area contributed by atoms with Crippen LogP contribution in [0.25, 0.3) is 10.8 Å². The zero-order chi connectivity index (χ0) is 11.4. The van der Waals surface area contributed by atoms with E-state index >= 15 is 0 Å². The summed E-state index contributed by atoms with van der Waals surface area (Å²) in [7, 11) is 0. The summed E-state index contributed by atoms with van der Waals surface area (Å²) in [6.45, 7) is 0. The van der Waals surface area contributed by atoms with E-state index in [0.717, 1.165) is 5.56 Å². The van der Waals surface area contributed by atoms with Crippen molar-refractivity contribution in [3.8, 4) is 12.3 Å². The highest BCUT2D eigenvalue weighted by molar-refractivity contribution is 5.85. The van der Waals surface area contributed by atoms with Crippen molar-refractivity contribution in [1.29, 1.82) is 0 Å². The van der Waals surface area contributed by atoms with Crippen LogP contribution in [0.2, 0.25) is 0 Å². The summed E-state index contributed by atoms with van der Waals surface area (Å²) in [5.41, 5.74) is 1.15. The average Bonchev–Trinajstić information content (AvgIpc) is 2.30. The third kappa shape index (κ3) is 2.24. The summed E-state index contributed by atoms with van der Waals surface area (Å²) in [5.74, 6) is 2.49. The minimum absolute atomic E-state index is 0.406. The van der Waals surface area contributed by atoms with Crippen molar-refractivity contribution >= 4 is 10.8 Å². The Morgan fingerprint density at radius 2 is 1.88 bits per heavy atom. The maximum Gasteiger partial charge on any atom is 0.0689 e. The molecule has 0 saturated carbocycles. The summed E-state index contributed by atoms with van der Waals surface area (Å²) in [6.07, 6.45) is 5.76. The van der Waals surface area contributed by atoms with Crippen molar-refractivity contribution in [2.45, 2.75) is 18.9 Å². The molecule has 1 nitrogen and oxygen atoms in total. The number of hydrogen-bond acceptors (Lipinski definition) is 1. The second-order valence-electron chi connectivity index (χ2n) is 3.90. The summed E-state index contributed by atoms with van der Waals surface area (Å²) >= 11 is 0. The standard InChI is InChI=1S/C15H14O/c1-2-6-14(16)11-13-9-5-8-12-7-3-4-10-15(12)13/h1,3-5,7-10,14,16H,6,11H2. The number of aliphatic hydroxyl groups is 1. The van der Waals surface area contributed by atoms with Crippen LogP contribution in [0.3, 0.4) is 0 Å². The maximum atomic E-state index is 9.72. The Balaban J connectivity index is 2.34. The van der Waals surface area contributed by atoms with Gasteiger partial charge in [0.2, 0.25) is 0 Å². The fourth-order valence-corrected chi connectivity index (χ4v) is 1.93. The second kappa shape index (κ2) is 4.83. The van der Waals surface area contributed by atoms with Gasteiger partial charge < -0.3 is 5.11 Å². The van der Waals surface area contributed by atoms with E-state index in [0.29, 0.717) is 12.8 Å². The van der Waals surface area contributed by atoms with Gasteiger partial charge in [-0.2, -0.15) is 0 Å². The molecule has 1 atom stereocenters. The first-order valence-corrected chi connectivity index (χ1v) is 5.39. The maximum absolute atomic E-state index is 9.72. The quantitative estimate of drug-likeness (QED) is 0.772. The van der Waals surface area contributed by atoms with Crippen LogP contribution in [-0.4, -0.2) is 11.2 Å². The van der Waals surface area contributed by atoms with E-state index in [9.17, 15) is 5.11 Å². The average molecular weight is 210 g/mol. The molecule has 1 N–H and O–H groups in total. The van der Waals surface area contributed by atoms with E-state index in [-0.39, 0.29) is 0 Å². The summed E-state index contributed by atoms with van der Waals surface area (Å²) < 4.78 is 0. The first-order chi connectivity index (χ1) is 7.81. The molecule has 0 aromatic heterocycles. The van der Waals surface area contributed by atoms with E-state index in [1.165, 1.54) is 10.8 Å². The largest absolute Gasteiger partial charge is 0.392 e. The lowest BCUT2D eigenvalue weighted by Crippen LogP contribution is -2.09. The molecule has 2 rings (SSSR count). The fourth-order valence-electron chi connectivity index (χ4n) is 1.93. The Labute approximate surface area is 95.7 Å². The molecule has 2 aromatic rings. The third-order valence-electron chi connectivity index (χ3n) is 2.69. The topological polar surface area (TPSA) is 20.2 Å². The van der Waals surface area contributed by atoms with Gasteiger partial charge in [-0.1, -0.05) is 42.5 Å². The Kier molecular flexibility index (Phi) is 3.24. The first kappa shape index (κ1) is 10.7. The van der Waals surface area contributed by atoms with Gasteiger partial charge >= 0.3 is 0 Å². The highest BCUT2D eigenvalue weighted by Crippen LogP contribution is 2.20. The Morgan fingerprint density at radius 3 is 2.69 bits per heavy atom. The fraction of sp³-hybridized carbons (Fsp3) is 0.200. The van der Waals surface area contributed by atoms with Crippen LogP contribution >= 0.6 is 0 Å². The zero-order valence-electron chi connectivity index (χ0n) is 9.06. The van der Waals surface area contributed by atoms with Gasteiger partial charge in [0.15, 0.2) is 0 Å². The van der Waals surface area contributed by atoms with Gasteiger partial charge in [-0.15, -0.1) is 12.3 Å². The van der Waals surface area contributed by atoms with Gasteiger partial charge in [-0.05, 0) is 22.8 Å². The highest BCUT2D eigenvalue weighted by atomic mass is 16.3. The van der Waals surface area contributed by atoms with E-state index in [4.69, 9.17) is 6.42 Å². The van der Waals surface area contributed by atoms with E-state index in [2.05, 4.69) is 24.1 Å². The molecule has 0 amide bonds. The molecule has 0 saturated heterocycles. The monoisotopic (exact) mass is 210 g/mol. The molecule has 0 heterocycles. The second-order valence-corrected chi connectivity index (χ2v) is 3.90. The minimum Gasteiger partial charge on any atom is -0.392 e. The molecule has 0 radical (unpaired) electrons. The molecular formula is C15H14O. The highest BCUT2D eigenvalue weighted by Gasteiger charge is 2.06. The molecule has 16 heavy (non-hydrogen) atoms. The smallest absolute Gasteiger partial charge is 0.0689 e. The zero-order valence-corrected chi connectivity index (χ0v) is 9.06. The van der Waals surface area contributed by atoms with E-state index in [1.807, 2.05) is 24.3 Å². The van der Waals surface area contributed by atoms with Crippen molar-refractivity contribution in [2.24, 2.45) is 0 Å². The normalized spacial score (nSPS) is 12.2. The molecule has 1 heteroatoms. The predicted octanol–water partition coefficient (Wildman–Crippen LogP) is 2.77. The van der Waals surface area contributed by atoms with Crippen molar-refractivity contribution < 1.29 is 5.11 Å². The molecule has 0 aliphatic heterocycles. The SMILES string of the molecule is C#CCC(O)Cc1cccc2ccccc12. The molecule has 0 bridgehead atoms. The molecule has 0 aliphatic carbocycles. The minimum atomic E-state index is -0.448. The number of hydrogen-bond donors (Lipinski definition) is 1. The summed E-state index contributed by atoms with van der Waals surface area (Å²) in [4.78, 5) is 0. The van der Waals surface area contributed by atoms with Crippen LogP contribution in [-0.2, 0) is 6.42 Å².